The van der Waals surface area contributed by atoms with Gasteiger partial charge in [-0.1, -0.05) is 11.6 Å². The maximum absolute atomic E-state index is 12.4. The van der Waals surface area contributed by atoms with Gasteiger partial charge in [0.15, 0.2) is 0 Å². The van der Waals surface area contributed by atoms with E-state index >= 15 is 0 Å². The van der Waals surface area contributed by atoms with Crippen molar-refractivity contribution < 1.29 is 4.79 Å². The Morgan fingerprint density at radius 1 is 1.50 bits per heavy atom. The van der Waals surface area contributed by atoms with Gasteiger partial charge in [-0.3, -0.25) is 4.79 Å². The van der Waals surface area contributed by atoms with Crippen LogP contribution in [0.25, 0.3) is 9.88 Å². The summed E-state index contributed by atoms with van der Waals surface area (Å²) in [5, 5.41) is 7.27. The van der Waals surface area contributed by atoms with E-state index in [1.165, 1.54) is 35.5 Å². The molecule has 1 unspecified atom stereocenters. The summed E-state index contributed by atoms with van der Waals surface area (Å²) in [5.74, 6) is 0.510. The highest BCUT2D eigenvalue weighted by Crippen LogP contribution is 2.34. The van der Waals surface area contributed by atoms with Crippen molar-refractivity contribution in [1.82, 2.24) is 15.6 Å². The van der Waals surface area contributed by atoms with E-state index in [9.17, 15) is 4.79 Å². The molecule has 0 aliphatic carbocycles. The molecule has 1 fully saturated rings. The van der Waals surface area contributed by atoms with Crippen LogP contribution in [0.5, 0.6) is 0 Å². The highest BCUT2D eigenvalue weighted by atomic mass is 35.5. The topological polar surface area (TPSA) is 54.0 Å². The maximum Gasteiger partial charge on any atom is 0.263 e. The van der Waals surface area contributed by atoms with E-state index in [2.05, 4.69) is 15.6 Å². The first-order valence-electron chi connectivity index (χ1n) is 7.35. The number of thiophene rings is 1. The Kier molecular flexibility index (Phi) is 5.13. The third-order valence-electron chi connectivity index (χ3n) is 3.74. The smallest absolute Gasteiger partial charge is 0.263 e. The largest absolute Gasteiger partial charge is 0.351 e. The van der Waals surface area contributed by atoms with Crippen molar-refractivity contribution in [2.75, 3.05) is 19.6 Å². The number of hydrogen-bond acceptors (Lipinski definition) is 5. The molecule has 3 rings (SSSR count). The monoisotopic (exact) mass is 355 g/mol. The van der Waals surface area contributed by atoms with Gasteiger partial charge in [0, 0.05) is 6.54 Å². The third-order valence-corrected chi connectivity index (χ3v) is 6.29. The quantitative estimate of drug-likeness (QED) is 0.881. The molecular weight excluding hydrogens is 338 g/mol. The summed E-state index contributed by atoms with van der Waals surface area (Å²) < 4.78 is 0.735. The Labute approximate surface area is 142 Å². The van der Waals surface area contributed by atoms with Crippen molar-refractivity contribution in [3.8, 4) is 9.88 Å². The van der Waals surface area contributed by atoms with Gasteiger partial charge in [-0.15, -0.1) is 22.7 Å². The van der Waals surface area contributed by atoms with Crippen LogP contribution in [-0.4, -0.2) is 30.5 Å². The standard InChI is InChI=1S/C15H18ClN3OS2/c1-9-13(14(20)18-8-10-3-2-6-17-7-10)22-15(19-9)11-4-5-12(16)21-11/h4-5,10,17H,2-3,6-8H2,1H3,(H,18,20). The van der Waals surface area contributed by atoms with E-state index < -0.39 is 0 Å². The molecule has 1 aliphatic rings. The first-order valence-corrected chi connectivity index (χ1v) is 9.36. The van der Waals surface area contributed by atoms with Crippen LogP contribution >= 0.6 is 34.3 Å². The average molecular weight is 356 g/mol. The van der Waals surface area contributed by atoms with Gasteiger partial charge in [0.1, 0.15) is 9.88 Å². The number of hydrogen-bond donors (Lipinski definition) is 2. The zero-order valence-corrected chi connectivity index (χ0v) is 14.7. The van der Waals surface area contributed by atoms with E-state index in [1.807, 2.05) is 19.1 Å². The van der Waals surface area contributed by atoms with Gasteiger partial charge in [-0.2, -0.15) is 0 Å². The molecule has 1 amide bonds. The van der Waals surface area contributed by atoms with Crippen LogP contribution in [0.4, 0.5) is 0 Å². The fourth-order valence-corrected chi connectivity index (χ4v) is 4.64. The molecule has 2 N–H and O–H groups in total. The number of carbonyl (C=O) groups is 1. The van der Waals surface area contributed by atoms with Crippen LogP contribution in [0, 0.1) is 12.8 Å². The summed E-state index contributed by atoms with van der Waals surface area (Å²) in [6.07, 6.45) is 2.36. The van der Waals surface area contributed by atoms with Crippen LogP contribution in [0.3, 0.4) is 0 Å². The number of carbonyl (C=O) groups excluding carboxylic acids is 1. The molecule has 2 aromatic heterocycles. The Morgan fingerprint density at radius 2 is 2.36 bits per heavy atom. The van der Waals surface area contributed by atoms with Gasteiger partial charge in [-0.05, 0) is 50.9 Å². The predicted octanol–water partition coefficient (Wildman–Crippen LogP) is 3.56. The molecule has 0 bridgehead atoms. The molecule has 7 heteroatoms. The summed E-state index contributed by atoms with van der Waals surface area (Å²) in [7, 11) is 0. The minimum absolute atomic E-state index is 0.0190. The molecule has 1 atom stereocenters. The lowest BCUT2D eigenvalue weighted by molar-refractivity contribution is 0.0948. The Balaban J connectivity index is 1.66. The van der Waals surface area contributed by atoms with Crippen molar-refractivity contribution in [1.29, 1.82) is 0 Å². The molecule has 1 aliphatic heterocycles. The van der Waals surface area contributed by atoms with Gasteiger partial charge in [-0.25, -0.2) is 4.98 Å². The Morgan fingerprint density at radius 3 is 3.05 bits per heavy atom. The highest BCUT2D eigenvalue weighted by Gasteiger charge is 2.19. The van der Waals surface area contributed by atoms with E-state index in [1.54, 1.807) is 0 Å². The van der Waals surface area contributed by atoms with Crippen molar-refractivity contribution in [3.05, 3.63) is 27.0 Å². The van der Waals surface area contributed by atoms with E-state index in [4.69, 9.17) is 11.6 Å². The number of thiazole rings is 1. The lowest BCUT2D eigenvalue weighted by Crippen LogP contribution is -2.38. The minimum Gasteiger partial charge on any atom is -0.351 e. The van der Waals surface area contributed by atoms with E-state index in [0.29, 0.717) is 10.8 Å². The summed E-state index contributed by atoms with van der Waals surface area (Å²) in [5.41, 5.74) is 0.781. The molecule has 0 saturated carbocycles. The lowest BCUT2D eigenvalue weighted by Gasteiger charge is -2.22. The van der Waals surface area contributed by atoms with Gasteiger partial charge in [0.25, 0.3) is 5.91 Å². The van der Waals surface area contributed by atoms with Crippen LogP contribution in [0.2, 0.25) is 4.34 Å². The predicted molar refractivity (Wildman–Crippen MR) is 93.1 cm³/mol. The second-order valence-electron chi connectivity index (χ2n) is 5.46. The fourth-order valence-electron chi connectivity index (χ4n) is 2.56. The zero-order chi connectivity index (χ0) is 15.5. The number of nitrogens with zero attached hydrogens (tertiary/aromatic N) is 1. The van der Waals surface area contributed by atoms with Crippen molar-refractivity contribution >= 4 is 40.2 Å². The second-order valence-corrected chi connectivity index (χ2v) is 8.17. The lowest BCUT2D eigenvalue weighted by atomic mass is 10.00. The summed E-state index contributed by atoms with van der Waals surface area (Å²) in [4.78, 5) is 18.6. The summed E-state index contributed by atoms with van der Waals surface area (Å²) in [6, 6.07) is 3.80. The van der Waals surface area contributed by atoms with Crippen molar-refractivity contribution in [2.45, 2.75) is 19.8 Å². The number of piperidine rings is 1. The minimum atomic E-state index is -0.0190. The van der Waals surface area contributed by atoms with E-state index in [-0.39, 0.29) is 5.91 Å². The SMILES string of the molecule is Cc1nc(-c2ccc(Cl)s2)sc1C(=O)NCC1CCCNC1. The van der Waals surface area contributed by atoms with Gasteiger partial charge in [0.05, 0.1) is 14.9 Å². The third kappa shape index (κ3) is 3.68. The molecule has 0 spiro atoms. The zero-order valence-electron chi connectivity index (χ0n) is 12.3. The highest BCUT2D eigenvalue weighted by molar-refractivity contribution is 7.24. The average Bonchev–Trinajstić information content (AvgIpc) is 3.12. The molecule has 4 nitrogen and oxygen atoms in total. The molecule has 3 heterocycles. The number of nitrogens with one attached hydrogen (secondary N) is 2. The molecular formula is C15H18ClN3OS2. The first kappa shape index (κ1) is 15.9. The van der Waals surface area contributed by atoms with Gasteiger partial charge < -0.3 is 10.6 Å². The second kappa shape index (κ2) is 7.08. The van der Waals surface area contributed by atoms with E-state index in [0.717, 1.165) is 39.5 Å². The molecule has 22 heavy (non-hydrogen) atoms. The summed E-state index contributed by atoms with van der Waals surface area (Å²) in [6.45, 7) is 4.68. The molecule has 1 saturated heterocycles. The first-order chi connectivity index (χ1) is 10.6. The number of amides is 1. The van der Waals surface area contributed by atoms with Crippen LogP contribution in [0.15, 0.2) is 12.1 Å². The molecule has 0 radical (unpaired) electrons. The number of rotatable bonds is 4. The normalized spacial score (nSPS) is 18.4. The maximum atomic E-state index is 12.4. The van der Waals surface area contributed by atoms with Gasteiger partial charge in [0.2, 0.25) is 0 Å². The Bertz CT molecular complexity index is 662. The molecule has 118 valence electrons. The van der Waals surface area contributed by atoms with Crippen LogP contribution in [0.1, 0.15) is 28.2 Å². The van der Waals surface area contributed by atoms with Crippen LogP contribution < -0.4 is 10.6 Å². The Hall–Kier alpha value is -0.950. The van der Waals surface area contributed by atoms with Crippen molar-refractivity contribution in [3.63, 3.8) is 0 Å². The number of aryl methyl sites for hydroxylation is 1. The fraction of sp³-hybridized carbons (Fsp3) is 0.467. The van der Waals surface area contributed by atoms with Crippen LogP contribution in [-0.2, 0) is 0 Å². The van der Waals surface area contributed by atoms with Crippen molar-refractivity contribution in [2.24, 2.45) is 5.92 Å². The molecule has 2 aromatic rings. The van der Waals surface area contributed by atoms with Gasteiger partial charge >= 0.3 is 0 Å². The summed E-state index contributed by atoms with van der Waals surface area (Å²) >= 11 is 8.88. The number of aromatic nitrogens is 1. The molecule has 0 aromatic carbocycles. The number of halogens is 1.